The van der Waals surface area contributed by atoms with Crippen LogP contribution in [0.5, 0.6) is 0 Å². The number of nitrogens with zero attached hydrogens (tertiary/aromatic N) is 2. The molecule has 1 N–H and O–H groups in total. The van der Waals surface area contributed by atoms with Crippen LogP contribution in [0.4, 0.5) is 22.7 Å². The first kappa shape index (κ1) is 29.9. The van der Waals surface area contributed by atoms with E-state index in [1.807, 2.05) is 0 Å². The fourth-order valence-electron chi connectivity index (χ4n) is 4.50. The summed E-state index contributed by atoms with van der Waals surface area (Å²) in [5, 5.41) is 13.7. The van der Waals surface area contributed by atoms with Crippen molar-refractivity contribution < 1.29 is 23.7 Å². The minimum atomic E-state index is -0.478. The molecule has 218 valence electrons. The van der Waals surface area contributed by atoms with Gasteiger partial charge in [-0.2, -0.15) is 0 Å². The third kappa shape index (κ3) is 6.88. The molecule has 1 aromatic heterocycles. The standard InChI is InChI=1S/C34H24BrN3O6/c1-22(39)37(27-14-9-25(35)10-15-27)31-18-11-26(21-30(31)34(41)24-5-3-2-4-6-24)36-33(40)20-17-29-16-19-32(44-29)23-7-12-28(13-8-23)38(42)43/h2-21H,1H3,(H,36,40). The van der Waals surface area contributed by atoms with Gasteiger partial charge in [0.1, 0.15) is 11.5 Å². The molecule has 4 aromatic carbocycles. The van der Waals surface area contributed by atoms with Gasteiger partial charge in [0.2, 0.25) is 11.8 Å². The Bertz CT molecular complexity index is 1880. The van der Waals surface area contributed by atoms with Crippen molar-refractivity contribution in [2.45, 2.75) is 6.92 Å². The number of anilines is 3. The van der Waals surface area contributed by atoms with Crippen LogP contribution in [0.2, 0.25) is 0 Å². The molecule has 0 aliphatic rings. The lowest BCUT2D eigenvalue weighted by Crippen LogP contribution is -2.25. The van der Waals surface area contributed by atoms with Crippen LogP contribution in [0.25, 0.3) is 17.4 Å². The maximum Gasteiger partial charge on any atom is 0.269 e. The number of amides is 2. The molecule has 10 heteroatoms. The number of nitrogens with one attached hydrogen (secondary N) is 1. The molecular formula is C34H24BrN3O6. The van der Waals surface area contributed by atoms with Crippen molar-refractivity contribution in [3.63, 3.8) is 0 Å². The zero-order valence-electron chi connectivity index (χ0n) is 23.3. The molecule has 0 fully saturated rings. The number of rotatable bonds is 9. The molecule has 0 aliphatic heterocycles. The number of non-ortho nitro benzene ring substituents is 1. The number of ketones is 1. The van der Waals surface area contributed by atoms with Gasteiger partial charge in [-0.15, -0.1) is 0 Å². The first-order valence-electron chi connectivity index (χ1n) is 13.3. The minimum Gasteiger partial charge on any atom is -0.457 e. The highest BCUT2D eigenvalue weighted by atomic mass is 79.9. The molecule has 0 spiro atoms. The molecular weight excluding hydrogens is 626 g/mol. The van der Waals surface area contributed by atoms with Gasteiger partial charge < -0.3 is 9.73 Å². The van der Waals surface area contributed by atoms with E-state index in [9.17, 15) is 24.5 Å². The number of hydrogen-bond donors (Lipinski definition) is 1. The van der Waals surface area contributed by atoms with Crippen LogP contribution in [-0.2, 0) is 9.59 Å². The van der Waals surface area contributed by atoms with Crippen LogP contribution in [-0.4, -0.2) is 22.5 Å². The largest absolute Gasteiger partial charge is 0.457 e. The van der Waals surface area contributed by atoms with Crippen molar-refractivity contribution in [3.8, 4) is 11.3 Å². The van der Waals surface area contributed by atoms with E-state index in [0.717, 1.165) is 4.47 Å². The van der Waals surface area contributed by atoms with Gasteiger partial charge in [0, 0.05) is 57.7 Å². The SMILES string of the molecule is CC(=O)N(c1ccc(Br)cc1)c1ccc(NC(=O)C=Cc2ccc(-c3ccc([N+](=O)[O-])cc3)o2)cc1C(=O)c1ccccc1. The van der Waals surface area contributed by atoms with Crippen molar-refractivity contribution >= 4 is 62.4 Å². The lowest BCUT2D eigenvalue weighted by Gasteiger charge is -2.24. The Morgan fingerprint density at radius 3 is 2.25 bits per heavy atom. The fraction of sp³-hybridized carbons (Fsp3) is 0.0294. The fourth-order valence-corrected chi connectivity index (χ4v) is 4.77. The molecule has 5 aromatic rings. The van der Waals surface area contributed by atoms with Crippen LogP contribution in [0, 0.1) is 10.1 Å². The second-order valence-electron chi connectivity index (χ2n) is 9.59. The van der Waals surface area contributed by atoms with Crippen LogP contribution in [0.15, 0.2) is 124 Å². The zero-order valence-corrected chi connectivity index (χ0v) is 24.9. The van der Waals surface area contributed by atoms with Gasteiger partial charge in [0.05, 0.1) is 10.6 Å². The van der Waals surface area contributed by atoms with E-state index in [-0.39, 0.29) is 22.9 Å². The number of carbonyl (C=O) groups is 3. The summed E-state index contributed by atoms with van der Waals surface area (Å²) >= 11 is 3.40. The van der Waals surface area contributed by atoms with Gasteiger partial charge in [-0.05, 0) is 72.8 Å². The molecule has 2 amide bonds. The summed E-state index contributed by atoms with van der Waals surface area (Å²) in [6, 6.07) is 29.9. The van der Waals surface area contributed by atoms with Gasteiger partial charge in [0.15, 0.2) is 5.78 Å². The Morgan fingerprint density at radius 2 is 1.59 bits per heavy atom. The minimum absolute atomic E-state index is 0.0268. The van der Waals surface area contributed by atoms with Crippen LogP contribution in [0.3, 0.4) is 0 Å². The molecule has 9 nitrogen and oxygen atoms in total. The summed E-state index contributed by atoms with van der Waals surface area (Å²) in [4.78, 5) is 51.2. The predicted octanol–water partition coefficient (Wildman–Crippen LogP) is 8.18. The quantitative estimate of drug-likeness (QED) is 0.0743. The highest BCUT2D eigenvalue weighted by Gasteiger charge is 2.23. The molecule has 0 atom stereocenters. The second kappa shape index (κ2) is 13.1. The third-order valence-electron chi connectivity index (χ3n) is 6.57. The normalized spacial score (nSPS) is 10.9. The molecule has 0 radical (unpaired) electrons. The van der Waals surface area contributed by atoms with E-state index in [1.54, 1.807) is 97.1 Å². The Hall–Kier alpha value is -5.61. The van der Waals surface area contributed by atoms with Crippen molar-refractivity contribution in [1.29, 1.82) is 0 Å². The second-order valence-corrected chi connectivity index (χ2v) is 10.5. The van der Waals surface area contributed by atoms with Crippen LogP contribution in [0.1, 0.15) is 28.6 Å². The highest BCUT2D eigenvalue weighted by Crippen LogP contribution is 2.33. The van der Waals surface area contributed by atoms with Gasteiger partial charge >= 0.3 is 0 Å². The summed E-state index contributed by atoms with van der Waals surface area (Å²) in [6.07, 6.45) is 2.77. The predicted molar refractivity (Wildman–Crippen MR) is 172 cm³/mol. The number of furan rings is 1. The monoisotopic (exact) mass is 649 g/mol. The van der Waals surface area contributed by atoms with Gasteiger partial charge in [-0.1, -0.05) is 46.3 Å². The number of nitro groups is 1. The Kier molecular flexibility index (Phi) is 8.92. The molecule has 0 aliphatic carbocycles. The summed E-state index contributed by atoms with van der Waals surface area (Å²) < 4.78 is 6.60. The lowest BCUT2D eigenvalue weighted by molar-refractivity contribution is -0.384. The maximum absolute atomic E-state index is 13.7. The van der Waals surface area contributed by atoms with Crippen molar-refractivity contribution in [3.05, 3.63) is 147 Å². The number of halogens is 1. The van der Waals surface area contributed by atoms with Gasteiger partial charge in [-0.25, -0.2) is 0 Å². The average Bonchev–Trinajstić information content (AvgIpc) is 3.51. The molecule has 0 unspecified atom stereocenters. The van der Waals surface area contributed by atoms with Crippen molar-refractivity contribution in [1.82, 2.24) is 0 Å². The van der Waals surface area contributed by atoms with E-state index in [0.29, 0.717) is 39.7 Å². The topological polar surface area (TPSA) is 123 Å². The summed E-state index contributed by atoms with van der Waals surface area (Å²) in [6.45, 7) is 1.42. The maximum atomic E-state index is 13.7. The number of carbonyl (C=O) groups excluding carboxylic acids is 3. The molecule has 5 rings (SSSR count). The number of benzene rings is 4. The number of nitro benzene ring substituents is 1. The van der Waals surface area contributed by atoms with Gasteiger partial charge in [0.25, 0.3) is 5.69 Å². The van der Waals surface area contributed by atoms with Crippen LogP contribution < -0.4 is 10.2 Å². The van der Waals surface area contributed by atoms with Crippen molar-refractivity contribution in [2.75, 3.05) is 10.2 Å². The first-order chi connectivity index (χ1) is 21.2. The van der Waals surface area contributed by atoms with E-state index < -0.39 is 10.8 Å². The van der Waals surface area contributed by atoms with E-state index in [2.05, 4.69) is 21.2 Å². The smallest absolute Gasteiger partial charge is 0.269 e. The molecule has 0 saturated heterocycles. The van der Waals surface area contributed by atoms with E-state index in [1.165, 1.54) is 36.1 Å². The Morgan fingerprint density at radius 1 is 0.886 bits per heavy atom. The number of hydrogen-bond acceptors (Lipinski definition) is 6. The van der Waals surface area contributed by atoms with Crippen LogP contribution >= 0.6 is 15.9 Å². The zero-order chi connectivity index (χ0) is 31.2. The molecule has 44 heavy (non-hydrogen) atoms. The summed E-state index contributed by atoms with van der Waals surface area (Å²) in [5.74, 6) is -0.193. The molecule has 1 heterocycles. The Balaban J connectivity index is 1.40. The highest BCUT2D eigenvalue weighted by molar-refractivity contribution is 9.10. The lowest BCUT2D eigenvalue weighted by atomic mass is 9.99. The van der Waals surface area contributed by atoms with Gasteiger partial charge in [-0.3, -0.25) is 29.4 Å². The summed E-state index contributed by atoms with van der Waals surface area (Å²) in [5.41, 5.74) is 2.59. The molecule has 0 bridgehead atoms. The van der Waals surface area contributed by atoms with Crippen molar-refractivity contribution in [2.24, 2.45) is 0 Å². The van der Waals surface area contributed by atoms with E-state index >= 15 is 0 Å². The average molecular weight is 650 g/mol. The molecule has 0 saturated carbocycles. The third-order valence-corrected chi connectivity index (χ3v) is 7.10. The first-order valence-corrected chi connectivity index (χ1v) is 14.1. The summed E-state index contributed by atoms with van der Waals surface area (Å²) in [7, 11) is 0. The Labute approximate surface area is 260 Å². The van der Waals surface area contributed by atoms with E-state index in [4.69, 9.17) is 4.42 Å².